The number of nitrogens with zero attached hydrogens (tertiary/aromatic N) is 1. The van der Waals surface area contributed by atoms with E-state index in [9.17, 15) is 9.59 Å². The van der Waals surface area contributed by atoms with Crippen molar-refractivity contribution in [3.63, 3.8) is 0 Å². The number of unbranched alkanes of at least 4 members (excludes halogenated alkanes) is 2. The summed E-state index contributed by atoms with van der Waals surface area (Å²) in [4.78, 5) is 26.2. The van der Waals surface area contributed by atoms with Gasteiger partial charge in [-0.25, -0.2) is 4.98 Å². The summed E-state index contributed by atoms with van der Waals surface area (Å²) in [7, 11) is 0. The highest BCUT2D eigenvalue weighted by atomic mass is 35.5. The van der Waals surface area contributed by atoms with Crippen LogP contribution in [0.15, 0.2) is 12.3 Å². The second-order valence-corrected chi connectivity index (χ2v) is 4.81. The molecule has 0 fully saturated rings. The number of carbonyl (C=O) groups is 2. The Morgan fingerprint density at radius 1 is 1.38 bits per heavy atom. The largest absolute Gasteiger partial charge is 0.481 e. The van der Waals surface area contributed by atoms with Crippen LogP contribution < -0.4 is 10.1 Å². The monoisotopic (exact) mass is 314 g/mol. The Labute approximate surface area is 128 Å². The Morgan fingerprint density at radius 3 is 2.76 bits per heavy atom. The van der Waals surface area contributed by atoms with Gasteiger partial charge in [-0.15, -0.1) is 0 Å². The summed E-state index contributed by atoms with van der Waals surface area (Å²) in [6, 6.07) is 1.51. The molecule has 21 heavy (non-hydrogen) atoms. The van der Waals surface area contributed by atoms with Crippen molar-refractivity contribution >= 4 is 23.5 Å². The molecule has 1 amide bonds. The number of ether oxygens (including phenoxy) is 1. The van der Waals surface area contributed by atoms with Crippen LogP contribution in [0.3, 0.4) is 0 Å². The zero-order chi connectivity index (χ0) is 15.7. The maximum absolute atomic E-state index is 11.9. The molecule has 0 saturated carbocycles. The van der Waals surface area contributed by atoms with E-state index in [2.05, 4.69) is 10.3 Å². The average molecular weight is 315 g/mol. The van der Waals surface area contributed by atoms with Gasteiger partial charge in [-0.3, -0.25) is 9.59 Å². The van der Waals surface area contributed by atoms with Crippen molar-refractivity contribution in [2.24, 2.45) is 0 Å². The fourth-order valence-electron chi connectivity index (χ4n) is 1.67. The fraction of sp³-hybridized carbons (Fsp3) is 0.500. The molecule has 0 aliphatic carbocycles. The molecule has 0 spiro atoms. The van der Waals surface area contributed by atoms with E-state index in [1.165, 1.54) is 12.3 Å². The second-order valence-electron chi connectivity index (χ2n) is 4.40. The number of halogens is 1. The van der Waals surface area contributed by atoms with Gasteiger partial charge in [0.05, 0.1) is 12.2 Å². The molecule has 0 unspecified atom stereocenters. The minimum absolute atomic E-state index is 0.159. The summed E-state index contributed by atoms with van der Waals surface area (Å²) in [5, 5.41) is 11.5. The molecule has 2 N–H and O–H groups in total. The van der Waals surface area contributed by atoms with Crippen molar-refractivity contribution < 1.29 is 19.4 Å². The van der Waals surface area contributed by atoms with E-state index in [1.807, 2.05) is 6.92 Å². The first-order valence-corrected chi connectivity index (χ1v) is 7.20. The van der Waals surface area contributed by atoms with E-state index >= 15 is 0 Å². The normalized spacial score (nSPS) is 10.2. The summed E-state index contributed by atoms with van der Waals surface area (Å²) in [5.74, 6) is -0.746. The molecule has 0 bridgehead atoms. The van der Waals surface area contributed by atoms with Crippen LogP contribution in [0.4, 0.5) is 0 Å². The Bertz CT molecular complexity index is 494. The lowest BCUT2D eigenvalue weighted by Gasteiger charge is -2.07. The second kappa shape index (κ2) is 9.18. The summed E-state index contributed by atoms with van der Waals surface area (Å²) < 4.78 is 5.19. The van der Waals surface area contributed by atoms with Crippen LogP contribution in [0.1, 0.15) is 43.0 Å². The van der Waals surface area contributed by atoms with Crippen LogP contribution in [0, 0.1) is 0 Å². The predicted octanol–water partition coefficient (Wildman–Crippen LogP) is 2.51. The van der Waals surface area contributed by atoms with E-state index < -0.39 is 5.97 Å². The van der Waals surface area contributed by atoms with Crippen LogP contribution in [0.5, 0.6) is 5.88 Å². The number of pyridine rings is 1. The van der Waals surface area contributed by atoms with Crippen LogP contribution in [-0.2, 0) is 4.79 Å². The number of amides is 1. The van der Waals surface area contributed by atoms with Gasteiger partial charge >= 0.3 is 5.97 Å². The molecular formula is C14H19ClN2O4. The van der Waals surface area contributed by atoms with Crippen molar-refractivity contribution in [1.82, 2.24) is 10.3 Å². The van der Waals surface area contributed by atoms with Gasteiger partial charge in [0.1, 0.15) is 5.02 Å². The lowest BCUT2D eigenvalue weighted by Crippen LogP contribution is -2.24. The Balaban J connectivity index is 2.35. The van der Waals surface area contributed by atoms with Gasteiger partial charge in [0.2, 0.25) is 5.88 Å². The molecule has 0 saturated heterocycles. The van der Waals surface area contributed by atoms with Crippen molar-refractivity contribution in [1.29, 1.82) is 0 Å². The van der Waals surface area contributed by atoms with Crippen LogP contribution in [-0.4, -0.2) is 35.1 Å². The maximum Gasteiger partial charge on any atom is 0.303 e. The fourth-order valence-corrected chi connectivity index (χ4v) is 1.90. The molecule has 6 nitrogen and oxygen atoms in total. The van der Waals surface area contributed by atoms with E-state index in [0.717, 1.165) is 12.8 Å². The molecule has 0 aromatic carbocycles. The van der Waals surface area contributed by atoms with Crippen LogP contribution in [0.25, 0.3) is 0 Å². The molecule has 1 aromatic rings. The van der Waals surface area contributed by atoms with Crippen molar-refractivity contribution in [3.8, 4) is 5.88 Å². The lowest BCUT2D eigenvalue weighted by molar-refractivity contribution is -0.137. The summed E-state index contributed by atoms with van der Waals surface area (Å²) >= 11 is 5.96. The number of hydrogen-bond acceptors (Lipinski definition) is 4. The number of nitrogens with one attached hydrogen (secondary N) is 1. The Kier molecular flexibility index (Phi) is 7.53. The zero-order valence-electron chi connectivity index (χ0n) is 11.9. The minimum atomic E-state index is -0.797. The Morgan fingerprint density at radius 2 is 2.14 bits per heavy atom. The summed E-state index contributed by atoms with van der Waals surface area (Å²) in [6.45, 7) is 2.76. The van der Waals surface area contributed by atoms with Crippen LogP contribution in [0.2, 0.25) is 5.02 Å². The molecule has 1 heterocycles. The van der Waals surface area contributed by atoms with Gasteiger partial charge in [-0.05, 0) is 25.8 Å². The quantitative estimate of drug-likeness (QED) is 0.684. The molecule has 116 valence electrons. The van der Waals surface area contributed by atoms with E-state index in [1.54, 1.807) is 0 Å². The molecule has 0 aliphatic rings. The Hall–Kier alpha value is -1.82. The van der Waals surface area contributed by atoms with Gasteiger partial charge in [-0.1, -0.05) is 18.0 Å². The molecule has 0 atom stereocenters. The number of carboxylic acids is 1. The van der Waals surface area contributed by atoms with Crippen molar-refractivity contribution in [2.45, 2.75) is 32.6 Å². The highest BCUT2D eigenvalue weighted by molar-refractivity contribution is 6.32. The van der Waals surface area contributed by atoms with E-state index in [0.29, 0.717) is 36.0 Å². The molecule has 0 radical (unpaired) electrons. The number of rotatable bonds is 9. The number of carbonyl (C=O) groups excluding carboxylic acids is 1. The number of aliphatic carboxylic acids is 1. The first-order chi connectivity index (χ1) is 10.0. The third-order valence-corrected chi connectivity index (χ3v) is 2.97. The minimum Gasteiger partial charge on any atom is -0.481 e. The predicted molar refractivity (Wildman–Crippen MR) is 78.9 cm³/mol. The topological polar surface area (TPSA) is 88.5 Å². The molecular weight excluding hydrogens is 296 g/mol. The highest BCUT2D eigenvalue weighted by Gasteiger charge is 2.10. The van der Waals surface area contributed by atoms with Gasteiger partial charge < -0.3 is 15.2 Å². The van der Waals surface area contributed by atoms with Gasteiger partial charge in [0, 0.05) is 19.2 Å². The zero-order valence-corrected chi connectivity index (χ0v) is 12.7. The highest BCUT2D eigenvalue weighted by Crippen LogP contribution is 2.22. The number of hydrogen-bond donors (Lipinski definition) is 2. The molecule has 1 aromatic heterocycles. The average Bonchev–Trinajstić information content (AvgIpc) is 2.44. The molecule has 0 aliphatic heterocycles. The van der Waals surface area contributed by atoms with Crippen LogP contribution >= 0.6 is 11.6 Å². The van der Waals surface area contributed by atoms with Gasteiger partial charge in [0.25, 0.3) is 5.91 Å². The first-order valence-electron chi connectivity index (χ1n) is 6.83. The van der Waals surface area contributed by atoms with Gasteiger partial charge in [0.15, 0.2) is 0 Å². The van der Waals surface area contributed by atoms with E-state index in [4.69, 9.17) is 21.4 Å². The van der Waals surface area contributed by atoms with E-state index in [-0.39, 0.29) is 12.3 Å². The molecule has 7 heteroatoms. The smallest absolute Gasteiger partial charge is 0.303 e. The third-order valence-electron chi connectivity index (χ3n) is 2.70. The molecule has 1 rings (SSSR count). The summed E-state index contributed by atoms with van der Waals surface area (Å²) in [6.07, 6.45) is 3.68. The summed E-state index contributed by atoms with van der Waals surface area (Å²) in [5.41, 5.74) is 0.369. The number of aromatic nitrogens is 1. The van der Waals surface area contributed by atoms with Crippen molar-refractivity contribution in [3.05, 3.63) is 22.8 Å². The lowest BCUT2D eigenvalue weighted by atomic mass is 10.2. The first kappa shape index (κ1) is 17.2. The third kappa shape index (κ3) is 6.44. The SMILES string of the molecule is CCOc1ncc(C(=O)NCCCCCC(=O)O)cc1Cl. The number of carboxylic acid groups (broad SMARTS) is 1. The standard InChI is InChI=1S/C14H19ClN2O4/c1-2-21-14-11(15)8-10(9-17-14)13(20)16-7-5-3-4-6-12(18)19/h8-9H,2-7H2,1H3,(H,16,20)(H,18,19). The van der Waals surface area contributed by atoms with Crippen molar-refractivity contribution in [2.75, 3.05) is 13.2 Å². The van der Waals surface area contributed by atoms with Gasteiger partial charge in [-0.2, -0.15) is 0 Å². The maximum atomic E-state index is 11.9.